The lowest BCUT2D eigenvalue weighted by Crippen LogP contribution is -2.41. The Morgan fingerprint density at radius 3 is 1.95 bits per heavy atom. The molecule has 0 saturated carbocycles. The van der Waals surface area contributed by atoms with Gasteiger partial charge in [-0.3, -0.25) is 9.59 Å². The molecule has 0 amide bonds. The molecule has 0 fully saturated rings. The van der Waals surface area contributed by atoms with Crippen LogP contribution in [0.4, 0.5) is 9.59 Å². The number of esters is 2. The van der Waals surface area contributed by atoms with Crippen molar-refractivity contribution in [3.05, 3.63) is 23.8 Å². The van der Waals surface area contributed by atoms with E-state index in [1.54, 1.807) is 33.8 Å². The highest BCUT2D eigenvalue weighted by Gasteiger charge is 2.27. The largest absolute Gasteiger partial charge is 0.514 e. The molecule has 0 heterocycles. The van der Waals surface area contributed by atoms with Gasteiger partial charge in [0, 0.05) is 13.0 Å². The molecule has 0 saturated heterocycles. The van der Waals surface area contributed by atoms with Gasteiger partial charge >= 0.3 is 24.2 Å². The standard InChI is InChI=1S/C30H47NO10/c1-10-29(5,6)40-27(34)38-23-14-13-21(19-24(23)39-28(35)41-30(7,8)11-2)18-22(26(33)36-9)31-16-17-37-25(32)15-12-20(3)4/h13-14,19-20,22,31H,10-12,15-18H2,1-9H3/t22-/m0/s1. The molecule has 0 radical (unpaired) electrons. The fraction of sp³-hybridized carbons (Fsp3) is 0.667. The Hall–Kier alpha value is -3.34. The molecular formula is C30H47NO10. The summed E-state index contributed by atoms with van der Waals surface area (Å²) < 4.78 is 31.7. The van der Waals surface area contributed by atoms with Gasteiger partial charge in [-0.2, -0.15) is 0 Å². The third-order valence-electron chi connectivity index (χ3n) is 6.42. The first kappa shape index (κ1) is 35.7. The fourth-order valence-electron chi connectivity index (χ4n) is 3.15. The van der Waals surface area contributed by atoms with Crippen LogP contribution >= 0.6 is 0 Å². The third kappa shape index (κ3) is 14.2. The average molecular weight is 582 g/mol. The van der Waals surface area contributed by atoms with E-state index in [0.717, 1.165) is 6.42 Å². The Morgan fingerprint density at radius 2 is 1.44 bits per heavy atom. The molecule has 1 aromatic rings. The molecule has 11 nitrogen and oxygen atoms in total. The highest BCUT2D eigenvalue weighted by atomic mass is 16.8. The second-order valence-electron chi connectivity index (χ2n) is 11.3. The third-order valence-corrected chi connectivity index (χ3v) is 6.42. The van der Waals surface area contributed by atoms with Crippen LogP contribution in [0.25, 0.3) is 0 Å². The second kappa shape index (κ2) is 16.8. The predicted molar refractivity (Wildman–Crippen MR) is 152 cm³/mol. The maximum atomic E-state index is 12.6. The van der Waals surface area contributed by atoms with Crippen LogP contribution in [0.1, 0.15) is 86.6 Å². The van der Waals surface area contributed by atoms with E-state index in [-0.39, 0.29) is 37.0 Å². The van der Waals surface area contributed by atoms with Crippen molar-refractivity contribution in [1.29, 1.82) is 0 Å². The van der Waals surface area contributed by atoms with Crippen LogP contribution in [0, 0.1) is 5.92 Å². The van der Waals surface area contributed by atoms with Gasteiger partial charge in [-0.25, -0.2) is 9.59 Å². The molecule has 0 aromatic heterocycles. The first-order valence-corrected chi connectivity index (χ1v) is 14.0. The zero-order valence-corrected chi connectivity index (χ0v) is 25.9. The first-order valence-electron chi connectivity index (χ1n) is 14.0. The summed E-state index contributed by atoms with van der Waals surface area (Å²) in [5, 5.41) is 3.03. The van der Waals surface area contributed by atoms with Gasteiger partial charge in [0.25, 0.3) is 0 Å². The normalized spacial score (nSPS) is 12.3. The average Bonchev–Trinajstić information content (AvgIpc) is 2.89. The van der Waals surface area contributed by atoms with E-state index in [1.165, 1.54) is 19.2 Å². The minimum Gasteiger partial charge on any atom is -0.468 e. The van der Waals surface area contributed by atoms with E-state index in [2.05, 4.69) is 5.32 Å². The minimum atomic E-state index is -0.983. The molecule has 0 aliphatic heterocycles. The van der Waals surface area contributed by atoms with Crippen molar-refractivity contribution in [2.24, 2.45) is 5.92 Å². The number of methoxy groups -OCH3 is 1. The molecule has 11 heteroatoms. The van der Waals surface area contributed by atoms with Crippen molar-refractivity contribution >= 4 is 24.2 Å². The number of ether oxygens (including phenoxy) is 6. The molecule has 0 unspecified atom stereocenters. The number of rotatable bonds is 16. The zero-order chi connectivity index (χ0) is 31.2. The highest BCUT2D eigenvalue weighted by molar-refractivity contribution is 5.76. The number of nitrogens with one attached hydrogen (secondary N) is 1. The molecule has 0 aliphatic rings. The van der Waals surface area contributed by atoms with E-state index < -0.39 is 35.5 Å². The van der Waals surface area contributed by atoms with Crippen LogP contribution in [-0.4, -0.2) is 61.8 Å². The van der Waals surface area contributed by atoms with Crippen molar-refractivity contribution in [1.82, 2.24) is 5.32 Å². The Kier molecular flexibility index (Phi) is 14.6. The number of benzene rings is 1. The molecule has 41 heavy (non-hydrogen) atoms. The van der Waals surface area contributed by atoms with Gasteiger partial charge < -0.3 is 33.7 Å². The maximum absolute atomic E-state index is 12.6. The van der Waals surface area contributed by atoms with Crippen LogP contribution in [-0.2, 0) is 35.0 Å². The zero-order valence-electron chi connectivity index (χ0n) is 25.9. The smallest absolute Gasteiger partial charge is 0.468 e. The summed E-state index contributed by atoms with van der Waals surface area (Å²) in [6.45, 7) is 15.0. The fourth-order valence-corrected chi connectivity index (χ4v) is 3.15. The van der Waals surface area contributed by atoms with Crippen LogP contribution in [0.15, 0.2) is 18.2 Å². The van der Waals surface area contributed by atoms with E-state index in [9.17, 15) is 19.2 Å². The molecule has 0 aliphatic carbocycles. The molecule has 0 spiro atoms. The topological polar surface area (TPSA) is 136 Å². The van der Waals surface area contributed by atoms with E-state index in [1.807, 2.05) is 27.7 Å². The summed E-state index contributed by atoms with van der Waals surface area (Å²) in [6.07, 6.45) is 0.352. The van der Waals surface area contributed by atoms with Gasteiger partial charge in [0.1, 0.15) is 23.9 Å². The Morgan fingerprint density at radius 1 is 0.878 bits per heavy atom. The number of carbonyl (C=O) groups is 4. The molecular weight excluding hydrogens is 534 g/mol. The monoisotopic (exact) mass is 581 g/mol. The Balaban J connectivity index is 3.07. The lowest BCUT2D eigenvalue weighted by molar-refractivity contribution is -0.144. The van der Waals surface area contributed by atoms with Crippen LogP contribution in [0.5, 0.6) is 11.5 Å². The molecule has 1 rings (SSSR count). The molecule has 1 N–H and O–H groups in total. The van der Waals surface area contributed by atoms with Crippen molar-refractivity contribution in [3.8, 4) is 11.5 Å². The Labute approximate surface area is 243 Å². The predicted octanol–water partition coefficient (Wildman–Crippen LogP) is 5.75. The van der Waals surface area contributed by atoms with Crippen LogP contribution < -0.4 is 14.8 Å². The summed E-state index contributed by atoms with van der Waals surface area (Å²) >= 11 is 0. The molecule has 1 aromatic carbocycles. The van der Waals surface area contributed by atoms with Gasteiger partial charge in [0.15, 0.2) is 11.5 Å². The van der Waals surface area contributed by atoms with Gasteiger partial charge in [-0.15, -0.1) is 0 Å². The van der Waals surface area contributed by atoms with Crippen molar-refractivity contribution in [2.45, 2.75) is 105 Å². The van der Waals surface area contributed by atoms with Crippen LogP contribution in [0.3, 0.4) is 0 Å². The van der Waals surface area contributed by atoms with Crippen molar-refractivity contribution < 1.29 is 47.6 Å². The first-order chi connectivity index (χ1) is 19.1. The van der Waals surface area contributed by atoms with E-state index in [0.29, 0.717) is 30.7 Å². The van der Waals surface area contributed by atoms with Crippen LogP contribution in [0.2, 0.25) is 0 Å². The van der Waals surface area contributed by atoms with Gasteiger partial charge in [0.2, 0.25) is 0 Å². The Bertz CT molecular complexity index is 1020. The lowest BCUT2D eigenvalue weighted by Gasteiger charge is -2.24. The van der Waals surface area contributed by atoms with Crippen molar-refractivity contribution in [3.63, 3.8) is 0 Å². The molecule has 1 atom stereocenters. The molecule has 232 valence electrons. The summed E-state index contributed by atoms with van der Waals surface area (Å²) in [5.74, 6) is -0.593. The van der Waals surface area contributed by atoms with E-state index in [4.69, 9.17) is 28.4 Å². The number of hydrogen-bond donors (Lipinski definition) is 1. The minimum absolute atomic E-state index is 0.0622. The molecule has 0 bridgehead atoms. The van der Waals surface area contributed by atoms with Crippen molar-refractivity contribution in [2.75, 3.05) is 20.3 Å². The summed E-state index contributed by atoms with van der Waals surface area (Å²) in [6, 6.07) is 3.73. The summed E-state index contributed by atoms with van der Waals surface area (Å²) in [5.41, 5.74) is -0.976. The van der Waals surface area contributed by atoms with Gasteiger partial charge in [-0.1, -0.05) is 33.8 Å². The second-order valence-corrected chi connectivity index (χ2v) is 11.3. The SMILES string of the molecule is CCC(C)(C)OC(=O)Oc1ccc(C[C@H](NCCOC(=O)CCC(C)C)C(=O)OC)cc1OC(=O)OC(C)(C)CC. The quantitative estimate of drug-likeness (QED) is 0.111. The number of hydrogen-bond acceptors (Lipinski definition) is 11. The lowest BCUT2D eigenvalue weighted by atomic mass is 10.1. The number of carbonyl (C=O) groups excluding carboxylic acids is 4. The maximum Gasteiger partial charge on any atom is 0.514 e. The van der Waals surface area contributed by atoms with Gasteiger partial charge in [0.05, 0.1) is 7.11 Å². The van der Waals surface area contributed by atoms with Gasteiger partial charge in [-0.05, 0) is 77.0 Å². The summed E-state index contributed by atoms with van der Waals surface area (Å²) in [4.78, 5) is 49.3. The van der Waals surface area contributed by atoms with E-state index >= 15 is 0 Å². The highest BCUT2D eigenvalue weighted by Crippen LogP contribution is 2.31. The summed E-state index contributed by atoms with van der Waals surface area (Å²) in [7, 11) is 1.27.